The number of hydrogen-bond acceptors (Lipinski definition) is 5. The zero-order valence-corrected chi connectivity index (χ0v) is 8.12. The summed E-state index contributed by atoms with van der Waals surface area (Å²) in [7, 11) is 0. The summed E-state index contributed by atoms with van der Waals surface area (Å²) in [6.45, 7) is -0.344. The first-order chi connectivity index (χ1) is 7.65. The molecule has 0 aliphatic heterocycles. The molecule has 0 saturated heterocycles. The van der Waals surface area contributed by atoms with Crippen LogP contribution < -0.4 is 0 Å². The first-order valence-electron chi connectivity index (χ1n) is 4.50. The number of rotatable bonds is 2. The fourth-order valence-electron chi connectivity index (χ4n) is 1.56. The third-order valence-corrected chi connectivity index (χ3v) is 2.30. The highest BCUT2D eigenvalue weighted by Gasteiger charge is 2.19. The second kappa shape index (κ2) is 3.74. The van der Waals surface area contributed by atoms with E-state index in [1.165, 1.54) is 6.20 Å². The van der Waals surface area contributed by atoms with Gasteiger partial charge in [0.05, 0.1) is 11.5 Å². The Hall–Kier alpha value is -2.21. The number of nitro benzene ring substituents is 1. The third-order valence-electron chi connectivity index (χ3n) is 2.30. The molecule has 0 aliphatic carbocycles. The van der Waals surface area contributed by atoms with Crippen molar-refractivity contribution in [2.24, 2.45) is 0 Å². The summed E-state index contributed by atoms with van der Waals surface area (Å²) < 4.78 is 0. The number of phenolic OH excluding ortho intramolecular Hbond substituents is 1. The van der Waals surface area contributed by atoms with Gasteiger partial charge >= 0.3 is 5.69 Å². The van der Waals surface area contributed by atoms with Crippen LogP contribution >= 0.6 is 0 Å². The van der Waals surface area contributed by atoms with E-state index in [0.717, 1.165) is 6.07 Å². The van der Waals surface area contributed by atoms with Gasteiger partial charge in [-0.15, -0.1) is 0 Å². The molecule has 6 heteroatoms. The standard InChI is InChI=1S/C10H8N2O4/c13-5-6-4-8(12(15)16)10(14)9-7(6)2-1-3-11-9/h1-4,13-14H,5H2. The molecule has 2 aromatic rings. The van der Waals surface area contributed by atoms with Gasteiger partial charge in [-0.3, -0.25) is 15.1 Å². The number of pyridine rings is 1. The predicted molar refractivity (Wildman–Crippen MR) is 56.0 cm³/mol. The third kappa shape index (κ3) is 1.45. The number of nitro groups is 1. The lowest BCUT2D eigenvalue weighted by molar-refractivity contribution is -0.385. The summed E-state index contributed by atoms with van der Waals surface area (Å²) in [5.74, 6) is -0.474. The molecule has 0 unspecified atom stereocenters. The Bertz CT molecular complexity index is 568. The molecule has 0 aliphatic rings. The lowest BCUT2D eigenvalue weighted by Gasteiger charge is -2.05. The molecule has 0 spiro atoms. The summed E-state index contributed by atoms with van der Waals surface area (Å²) in [6.07, 6.45) is 1.42. The zero-order chi connectivity index (χ0) is 11.7. The SMILES string of the molecule is O=[N+]([O-])c1cc(CO)c2cccnc2c1O. The van der Waals surface area contributed by atoms with E-state index < -0.39 is 16.4 Å². The van der Waals surface area contributed by atoms with E-state index in [4.69, 9.17) is 5.11 Å². The van der Waals surface area contributed by atoms with Gasteiger partial charge in [0.1, 0.15) is 5.52 Å². The van der Waals surface area contributed by atoms with E-state index in [-0.39, 0.29) is 12.1 Å². The van der Waals surface area contributed by atoms with Gasteiger partial charge in [0.2, 0.25) is 5.75 Å². The normalized spacial score (nSPS) is 10.6. The fourth-order valence-corrected chi connectivity index (χ4v) is 1.56. The van der Waals surface area contributed by atoms with Gasteiger partial charge in [-0.2, -0.15) is 0 Å². The first kappa shape index (κ1) is 10.3. The van der Waals surface area contributed by atoms with Gasteiger partial charge in [0.25, 0.3) is 0 Å². The van der Waals surface area contributed by atoms with E-state index in [1.54, 1.807) is 12.1 Å². The molecule has 6 nitrogen and oxygen atoms in total. The Kier molecular flexibility index (Phi) is 2.41. The second-order valence-electron chi connectivity index (χ2n) is 3.22. The number of aromatic hydroxyl groups is 1. The number of aromatic nitrogens is 1. The Morgan fingerprint density at radius 1 is 1.50 bits per heavy atom. The van der Waals surface area contributed by atoms with Crippen molar-refractivity contribution >= 4 is 16.6 Å². The number of fused-ring (bicyclic) bond motifs is 1. The van der Waals surface area contributed by atoms with E-state index >= 15 is 0 Å². The highest BCUT2D eigenvalue weighted by molar-refractivity contribution is 5.90. The van der Waals surface area contributed by atoms with E-state index in [0.29, 0.717) is 10.9 Å². The van der Waals surface area contributed by atoms with Gasteiger partial charge in [-0.05, 0) is 11.6 Å². The van der Waals surface area contributed by atoms with Gasteiger partial charge in [-0.25, -0.2) is 0 Å². The molecule has 0 amide bonds. The quantitative estimate of drug-likeness (QED) is 0.588. The lowest BCUT2D eigenvalue weighted by atomic mass is 10.1. The number of aliphatic hydroxyl groups excluding tert-OH is 1. The molecule has 0 bridgehead atoms. The van der Waals surface area contributed by atoms with Crippen LogP contribution in [-0.4, -0.2) is 20.1 Å². The van der Waals surface area contributed by atoms with E-state index in [9.17, 15) is 15.2 Å². The van der Waals surface area contributed by atoms with E-state index in [1.807, 2.05) is 0 Å². The van der Waals surface area contributed by atoms with Crippen molar-refractivity contribution in [3.63, 3.8) is 0 Å². The monoisotopic (exact) mass is 220 g/mol. The summed E-state index contributed by atoms with van der Waals surface area (Å²) in [5.41, 5.74) is 0.0450. The number of phenols is 1. The molecule has 0 atom stereocenters. The Morgan fingerprint density at radius 3 is 2.88 bits per heavy atom. The van der Waals surface area contributed by atoms with Crippen LogP contribution in [0, 0.1) is 10.1 Å². The van der Waals surface area contributed by atoms with Crippen LogP contribution in [0.4, 0.5) is 5.69 Å². The van der Waals surface area contributed by atoms with Crippen molar-refractivity contribution in [1.82, 2.24) is 4.98 Å². The van der Waals surface area contributed by atoms with Gasteiger partial charge in [-0.1, -0.05) is 6.07 Å². The molecule has 0 radical (unpaired) electrons. The Balaban J connectivity index is 2.88. The van der Waals surface area contributed by atoms with Crippen molar-refractivity contribution in [2.45, 2.75) is 6.61 Å². The predicted octanol–water partition coefficient (Wildman–Crippen LogP) is 1.34. The minimum atomic E-state index is -0.706. The maximum absolute atomic E-state index is 10.7. The Morgan fingerprint density at radius 2 is 2.25 bits per heavy atom. The number of aliphatic hydroxyl groups is 1. The van der Waals surface area contributed by atoms with Gasteiger partial charge in [0, 0.05) is 17.6 Å². The highest BCUT2D eigenvalue weighted by atomic mass is 16.6. The summed E-state index contributed by atoms with van der Waals surface area (Å²) in [4.78, 5) is 13.8. The molecule has 1 aromatic heterocycles. The van der Waals surface area contributed by atoms with Gasteiger partial charge < -0.3 is 10.2 Å². The molecule has 2 N–H and O–H groups in total. The fraction of sp³-hybridized carbons (Fsp3) is 0.100. The van der Waals surface area contributed by atoms with Crippen LogP contribution in [0.1, 0.15) is 5.56 Å². The van der Waals surface area contributed by atoms with Crippen LogP contribution in [0.5, 0.6) is 5.75 Å². The van der Waals surface area contributed by atoms with Crippen LogP contribution in [0.2, 0.25) is 0 Å². The smallest absolute Gasteiger partial charge is 0.313 e. The first-order valence-corrected chi connectivity index (χ1v) is 4.50. The van der Waals surface area contributed by atoms with Crippen molar-refractivity contribution in [1.29, 1.82) is 0 Å². The van der Waals surface area contributed by atoms with Crippen LogP contribution in [0.25, 0.3) is 10.9 Å². The molecule has 1 heterocycles. The number of hydrogen-bond donors (Lipinski definition) is 2. The maximum Gasteiger partial charge on any atom is 0.313 e. The van der Waals surface area contributed by atoms with E-state index in [2.05, 4.69) is 4.98 Å². The van der Waals surface area contributed by atoms with Gasteiger partial charge in [0.15, 0.2) is 0 Å². The molecule has 1 aromatic carbocycles. The van der Waals surface area contributed by atoms with Crippen molar-refractivity contribution in [3.05, 3.63) is 40.1 Å². The average molecular weight is 220 g/mol. The van der Waals surface area contributed by atoms with Crippen LogP contribution in [0.15, 0.2) is 24.4 Å². The molecule has 16 heavy (non-hydrogen) atoms. The van der Waals surface area contributed by atoms with Crippen molar-refractivity contribution in [3.8, 4) is 5.75 Å². The minimum absolute atomic E-state index is 0.126. The summed E-state index contributed by atoms with van der Waals surface area (Å²) in [5, 5.41) is 29.9. The average Bonchev–Trinajstić information content (AvgIpc) is 2.29. The summed E-state index contributed by atoms with van der Waals surface area (Å²) in [6, 6.07) is 4.42. The maximum atomic E-state index is 10.7. The zero-order valence-electron chi connectivity index (χ0n) is 8.12. The largest absolute Gasteiger partial charge is 0.501 e. The van der Waals surface area contributed by atoms with Crippen molar-refractivity contribution in [2.75, 3.05) is 0 Å². The molecule has 0 fully saturated rings. The topological polar surface area (TPSA) is 96.5 Å². The molecular formula is C10H8N2O4. The minimum Gasteiger partial charge on any atom is -0.501 e. The molecule has 82 valence electrons. The van der Waals surface area contributed by atoms with Crippen LogP contribution in [0.3, 0.4) is 0 Å². The van der Waals surface area contributed by atoms with Crippen LogP contribution in [-0.2, 0) is 6.61 Å². The number of benzene rings is 1. The van der Waals surface area contributed by atoms with Crippen molar-refractivity contribution < 1.29 is 15.1 Å². The summed E-state index contributed by atoms with van der Waals surface area (Å²) >= 11 is 0. The molecule has 0 saturated carbocycles. The second-order valence-corrected chi connectivity index (χ2v) is 3.22. The molecule has 2 rings (SSSR count). The number of nitrogens with zero attached hydrogens (tertiary/aromatic N) is 2. The highest BCUT2D eigenvalue weighted by Crippen LogP contribution is 2.35. The Labute approximate surface area is 89.9 Å². The molecular weight excluding hydrogens is 212 g/mol. The lowest BCUT2D eigenvalue weighted by Crippen LogP contribution is -1.95.